The van der Waals surface area contributed by atoms with Crippen LogP contribution in [-0.4, -0.2) is 19.5 Å². The minimum Gasteiger partial charge on any atom is -0.478 e. The van der Waals surface area contributed by atoms with Crippen molar-refractivity contribution >= 4 is 80.8 Å². The number of aromatic carboxylic acids is 1. The normalized spacial score (nSPS) is 11.4. The third-order valence-corrected chi connectivity index (χ3v) is 7.45. The van der Waals surface area contributed by atoms with Gasteiger partial charge < -0.3 is 5.11 Å². The molecule has 2 aromatic rings. The molecule has 0 aliphatic rings. The van der Waals surface area contributed by atoms with Gasteiger partial charge in [-0.25, -0.2) is 13.2 Å². The molecule has 112 valence electrons. The summed E-state index contributed by atoms with van der Waals surface area (Å²) in [4.78, 5) is 11.3. The van der Waals surface area contributed by atoms with Crippen LogP contribution in [0.25, 0.3) is 0 Å². The minimum absolute atomic E-state index is 0.0222. The summed E-state index contributed by atoms with van der Waals surface area (Å²) in [5.41, 5.74) is -0.182. The second-order valence-electron chi connectivity index (χ2n) is 3.78. The van der Waals surface area contributed by atoms with E-state index in [1.54, 1.807) is 17.5 Å². The molecule has 0 atom stereocenters. The molecule has 1 aromatic carbocycles. The lowest BCUT2D eigenvalue weighted by molar-refractivity contribution is 0.0698. The van der Waals surface area contributed by atoms with Gasteiger partial charge in [-0.05, 0) is 55.4 Å². The Labute approximate surface area is 149 Å². The third-order valence-electron chi connectivity index (χ3n) is 2.35. The van der Waals surface area contributed by atoms with E-state index in [1.807, 2.05) is 0 Å². The van der Waals surface area contributed by atoms with E-state index in [-0.39, 0.29) is 15.5 Å². The molecule has 0 amide bonds. The van der Waals surface area contributed by atoms with Crippen molar-refractivity contribution in [3.05, 3.63) is 42.6 Å². The Kier molecular flexibility index (Phi) is 5.14. The van der Waals surface area contributed by atoms with Gasteiger partial charge in [0.1, 0.15) is 0 Å². The van der Waals surface area contributed by atoms with E-state index >= 15 is 0 Å². The number of anilines is 1. The van der Waals surface area contributed by atoms with Crippen LogP contribution in [0.2, 0.25) is 0 Å². The molecule has 0 saturated carbocycles. The summed E-state index contributed by atoms with van der Waals surface area (Å²) in [5, 5.41) is 10.8. The molecule has 0 fully saturated rings. The van der Waals surface area contributed by atoms with Crippen LogP contribution < -0.4 is 4.72 Å². The van der Waals surface area contributed by atoms with Crippen LogP contribution in [0.1, 0.15) is 10.4 Å². The van der Waals surface area contributed by atoms with Crippen molar-refractivity contribution < 1.29 is 18.3 Å². The molecule has 0 aliphatic heterocycles. The van der Waals surface area contributed by atoms with Crippen LogP contribution in [0.4, 0.5) is 5.69 Å². The first-order valence-electron chi connectivity index (χ1n) is 5.20. The summed E-state index contributed by atoms with van der Waals surface area (Å²) in [7, 11) is -3.88. The van der Waals surface area contributed by atoms with E-state index in [4.69, 9.17) is 0 Å². The van der Waals surface area contributed by atoms with Crippen molar-refractivity contribution in [2.75, 3.05) is 4.72 Å². The highest BCUT2D eigenvalue weighted by Crippen LogP contribution is 2.35. The Morgan fingerprint density at radius 1 is 1.19 bits per heavy atom. The predicted octanol–water partition coefficient (Wildman–Crippen LogP) is 4.53. The highest BCUT2D eigenvalue weighted by molar-refractivity contribution is 9.11. The zero-order chi connectivity index (χ0) is 15.8. The maximum atomic E-state index is 12.3. The highest BCUT2D eigenvalue weighted by atomic mass is 79.9. The summed E-state index contributed by atoms with van der Waals surface area (Å²) >= 11 is 10.5. The van der Waals surface area contributed by atoms with E-state index in [2.05, 4.69) is 52.5 Å². The molecular formula is C11H6Br3NO4S2. The van der Waals surface area contributed by atoms with Gasteiger partial charge in [-0.15, -0.1) is 11.3 Å². The number of nitrogens with one attached hydrogen (secondary N) is 1. The molecule has 21 heavy (non-hydrogen) atoms. The first-order chi connectivity index (χ1) is 9.72. The second kappa shape index (κ2) is 6.37. The SMILES string of the molecule is O=C(O)c1cc(Br)cc(Br)c1NS(=O)(=O)c1sccc1Br. The van der Waals surface area contributed by atoms with Gasteiger partial charge in [-0.3, -0.25) is 4.72 Å². The smallest absolute Gasteiger partial charge is 0.337 e. The number of sulfonamides is 1. The van der Waals surface area contributed by atoms with Gasteiger partial charge in [-0.1, -0.05) is 15.9 Å². The number of carboxylic acid groups (broad SMARTS) is 1. The van der Waals surface area contributed by atoms with Gasteiger partial charge in [-0.2, -0.15) is 0 Å². The minimum atomic E-state index is -3.88. The lowest BCUT2D eigenvalue weighted by Gasteiger charge is -2.12. The zero-order valence-electron chi connectivity index (χ0n) is 9.93. The number of hydrogen-bond donors (Lipinski definition) is 2. The number of carboxylic acids is 1. The Hall–Kier alpha value is -0.420. The van der Waals surface area contributed by atoms with Crippen LogP contribution in [0, 0.1) is 0 Å². The fraction of sp³-hybridized carbons (Fsp3) is 0. The monoisotopic (exact) mass is 517 g/mol. The van der Waals surface area contributed by atoms with Gasteiger partial charge in [0, 0.05) is 13.4 Å². The van der Waals surface area contributed by atoms with E-state index in [9.17, 15) is 18.3 Å². The van der Waals surface area contributed by atoms with E-state index in [0.29, 0.717) is 13.4 Å². The lowest BCUT2D eigenvalue weighted by atomic mass is 10.2. The molecule has 10 heteroatoms. The molecule has 2 N–H and O–H groups in total. The number of hydrogen-bond acceptors (Lipinski definition) is 4. The molecule has 0 aliphatic carbocycles. The third kappa shape index (κ3) is 3.67. The molecule has 0 saturated heterocycles. The molecule has 1 aromatic heterocycles. The number of benzene rings is 1. The van der Waals surface area contributed by atoms with Crippen LogP contribution in [0.5, 0.6) is 0 Å². The number of thiophene rings is 1. The van der Waals surface area contributed by atoms with Crippen LogP contribution in [-0.2, 0) is 10.0 Å². The summed E-state index contributed by atoms with van der Waals surface area (Å²) in [6.07, 6.45) is 0. The van der Waals surface area contributed by atoms with Crippen molar-refractivity contribution in [1.29, 1.82) is 0 Å². The standard InChI is InChI=1S/C11H6Br3NO4S2/c12-5-3-6(10(16)17)9(8(14)4-5)15-21(18,19)11-7(13)1-2-20-11/h1-4,15H,(H,16,17). The predicted molar refractivity (Wildman–Crippen MR) is 91.6 cm³/mol. The van der Waals surface area contributed by atoms with Gasteiger partial charge >= 0.3 is 5.97 Å². The first kappa shape index (κ1) is 16.9. The molecule has 2 rings (SSSR count). The first-order valence-corrected chi connectivity index (χ1v) is 9.94. The molecule has 0 bridgehead atoms. The molecule has 0 spiro atoms. The maximum absolute atomic E-state index is 12.3. The van der Waals surface area contributed by atoms with Gasteiger partial charge in [0.05, 0.1) is 11.3 Å². The maximum Gasteiger partial charge on any atom is 0.337 e. The van der Waals surface area contributed by atoms with Crippen LogP contribution in [0.15, 0.2) is 41.2 Å². The molecule has 1 heterocycles. The van der Waals surface area contributed by atoms with Crippen molar-refractivity contribution in [2.24, 2.45) is 0 Å². The fourth-order valence-corrected chi connectivity index (χ4v) is 6.39. The number of halogens is 3. The quantitative estimate of drug-likeness (QED) is 0.621. The molecule has 0 unspecified atom stereocenters. The molecule has 5 nitrogen and oxygen atoms in total. The van der Waals surface area contributed by atoms with E-state index in [1.165, 1.54) is 6.07 Å². The number of carbonyl (C=O) groups is 1. The van der Waals surface area contributed by atoms with Gasteiger partial charge in [0.2, 0.25) is 0 Å². The van der Waals surface area contributed by atoms with Crippen LogP contribution in [0.3, 0.4) is 0 Å². The van der Waals surface area contributed by atoms with Crippen molar-refractivity contribution in [3.8, 4) is 0 Å². The topological polar surface area (TPSA) is 83.5 Å². The average Bonchev–Trinajstić information content (AvgIpc) is 2.79. The highest BCUT2D eigenvalue weighted by Gasteiger charge is 2.24. The summed E-state index contributed by atoms with van der Waals surface area (Å²) in [6, 6.07) is 4.50. The average molecular weight is 520 g/mol. The molecular weight excluding hydrogens is 514 g/mol. The fourth-order valence-electron chi connectivity index (χ4n) is 1.50. The Morgan fingerprint density at radius 3 is 2.38 bits per heavy atom. The Morgan fingerprint density at radius 2 is 1.86 bits per heavy atom. The lowest BCUT2D eigenvalue weighted by Crippen LogP contribution is -2.15. The van der Waals surface area contributed by atoms with Crippen molar-refractivity contribution in [3.63, 3.8) is 0 Å². The van der Waals surface area contributed by atoms with Crippen molar-refractivity contribution in [1.82, 2.24) is 0 Å². The van der Waals surface area contributed by atoms with E-state index < -0.39 is 16.0 Å². The van der Waals surface area contributed by atoms with Crippen LogP contribution >= 0.6 is 59.1 Å². The number of rotatable bonds is 4. The van der Waals surface area contributed by atoms with Crippen molar-refractivity contribution in [2.45, 2.75) is 4.21 Å². The zero-order valence-corrected chi connectivity index (χ0v) is 16.3. The second-order valence-corrected chi connectivity index (χ2v) is 9.19. The van der Waals surface area contributed by atoms with E-state index in [0.717, 1.165) is 11.3 Å². The summed E-state index contributed by atoms with van der Waals surface area (Å²) in [6.45, 7) is 0. The molecule has 0 radical (unpaired) electrons. The largest absolute Gasteiger partial charge is 0.478 e. The summed E-state index contributed by atoms with van der Waals surface area (Å²) in [5.74, 6) is -1.24. The Bertz CT molecular complexity index is 817. The van der Waals surface area contributed by atoms with Gasteiger partial charge in [0.25, 0.3) is 10.0 Å². The summed E-state index contributed by atoms with van der Waals surface area (Å²) < 4.78 is 28.3. The van der Waals surface area contributed by atoms with Gasteiger partial charge in [0.15, 0.2) is 4.21 Å². The Balaban J connectivity index is 2.54.